The zero-order chi connectivity index (χ0) is 15.5. The Morgan fingerprint density at radius 2 is 2.05 bits per heavy atom. The third-order valence-electron chi connectivity index (χ3n) is 3.08. The summed E-state index contributed by atoms with van der Waals surface area (Å²) in [5.74, 6) is -0.765. The molecule has 0 aliphatic rings. The Balaban J connectivity index is 3.03. The molecule has 0 aromatic heterocycles. The molecule has 0 unspecified atom stereocenters. The van der Waals surface area contributed by atoms with Crippen molar-refractivity contribution in [3.05, 3.63) is 39.7 Å². The molecule has 0 aliphatic heterocycles. The number of nitro groups is 1. The molecule has 0 atom stereocenters. The summed E-state index contributed by atoms with van der Waals surface area (Å²) in [4.78, 5) is 22.0. The molecule has 20 heavy (non-hydrogen) atoms. The zero-order valence-corrected chi connectivity index (χ0v) is 12.1. The van der Waals surface area contributed by atoms with Crippen LogP contribution in [0.15, 0.2) is 18.2 Å². The second-order valence-corrected chi connectivity index (χ2v) is 5.65. The molecule has 0 saturated carbocycles. The molecule has 0 radical (unpaired) electrons. The van der Waals surface area contributed by atoms with Crippen LogP contribution in [-0.2, 0) is 10.2 Å². The van der Waals surface area contributed by atoms with Gasteiger partial charge in [0.1, 0.15) is 5.82 Å². The largest absolute Gasteiger partial charge is 0.355 e. The lowest BCUT2D eigenvalue weighted by atomic mass is 9.83. The second-order valence-electron chi connectivity index (χ2n) is 5.65. The smallest absolute Gasteiger partial charge is 0.272 e. The summed E-state index contributed by atoms with van der Waals surface area (Å²) in [5, 5.41) is 13.3. The van der Waals surface area contributed by atoms with Gasteiger partial charge in [0.2, 0.25) is 5.91 Å². The van der Waals surface area contributed by atoms with Crippen LogP contribution in [0, 0.1) is 21.8 Å². The van der Waals surface area contributed by atoms with Gasteiger partial charge < -0.3 is 5.32 Å². The van der Waals surface area contributed by atoms with E-state index in [2.05, 4.69) is 5.32 Å². The first-order valence-electron chi connectivity index (χ1n) is 6.39. The number of non-ortho nitro benzene ring substituents is 1. The van der Waals surface area contributed by atoms with Crippen molar-refractivity contribution in [1.82, 2.24) is 5.32 Å². The highest BCUT2D eigenvalue weighted by Gasteiger charge is 2.33. The molecule has 1 rings (SSSR count). The molecule has 0 fully saturated rings. The van der Waals surface area contributed by atoms with E-state index in [0.29, 0.717) is 6.54 Å². The highest BCUT2D eigenvalue weighted by molar-refractivity contribution is 5.87. The summed E-state index contributed by atoms with van der Waals surface area (Å²) in [6, 6.07) is 3.34. The van der Waals surface area contributed by atoms with Gasteiger partial charge in [-0.15, -0.1) is 0 Å². The van der Waals surface area contributed by atoms with Crippen molar-refractivity contribution in [3.8, 4) is 0 Å². The van der Waals surface area contributed by atoms with Crippen molar-refractivity contribution in [2.24, 2.45) is 5.92 Å². The number of hydrogen-bond donors (Lipinski definition) is 1. The Bertz CT molecular complexity index is 527. The molecular weight excluding hydrogens is 263 g/mol. The summed E-state index contributed by atoms with van der Waals surface area (Å²) in [6.07, 6.45) is 0. The zero-order valence-electron chi connectivity index (χ0n) is 12.1. The van der Waals surface area contributed by atoms with Crippen molar-refractivity contribution < 1.29 is 14.1 Å². The maximum absolute atomic E-state index is 14.0. The molecule has 5 nitrogen and oxygen atoms in total. The van der Waals surface area contributed by atoms with E-state index >= 15 is 0 Å². The summed E-state index contributed by atoms with van der Waals surface area (Å²) in [6.45, 7) is 7.59. The molecule has 0 heterocycles. The van der Waals surface area contributed by atoms with Gasteiger partial charge in [-0.3, -0.25) is 14.9 Å². The number of nitro benzene ring substituents is 1. The van der Waals surface area contributed by atoms with Crippen LogP contribution < -0.4 is 5.32 Å². The molecular formula is C14H19FN2O3. The highest BCUT2D eigenvalue weighted by Crippen LogP contribution is 2.28. The Morgan fingerprint density at radius 3 is 2.50 bits per heavy atom. The van der Waals surface area contributed by atoms with E-state index in [4.69, 9.17) is 0 Å². The highest BCUT2D eigenvalue weighted by atomic mass is 19.1. The first kappa shape index (κ1) is 16.1. The quantitative estimate of drug-likeness (QED) is 0.666. The van der Waals surface area contributed by atoms with E-state index in [9.17, 15) is 19.3 Å². The maximum Gasteiger partial charge on any atom is 0.272 e. The molecule has 110 valence electrons. The van der Waals surface area contributed by atoms with Gasteiger partial charge in [0.15, 0.2) is 0 Å². The standard InChI is InChI=1S/C14H19FN2O3/c1-9(2)8-16-13(18)14(3,4)11-6-5-10(17(19)20)7-12(11)15/h5-7,9H,8H2,1-4H3,(H,16,18). The van der Waals surface area contributed by atoms with E-state index in [1.165, 1.54) is 12.1 Å². The van der Waals surface area contributed by atoms with Crippen LogP contribution >= 0.6 is 0 Å². The molecule has 1 aromatic rings. The van der Waals surface area contributed by atoms with E-state index in [1.807, 2.05) is 13.8 Å². The van der Waals surface area contributed by atoms with E-state index in [1.54, 1.807) is 13.8 Å². The topological polar surface area (TPSA) is 72.2 Å². The van der Waals surface area contributed by atoms with Gasteiger partial charge in [0, 0.05) is 18.2 Å². The number of carbonyl (C=O) groups excluding carboxylic acids is 1. The summed E-state index contributed by atoms with van der Waals surface area (Å²) in [7, 11) is 0. The normalized spacial score (nSPS) is 11.5. The van der Waals surface area contributed by atoms with Crippen LogP contribution in [0.25, 0.3) is 0 Å². The average molecular weight is 282 g/mol. The number of halogens is 1. The monoisotopic (exact) mass is 282 g/mol. The third-order valence-corrected chi connectivity index (χ3v) is 3.08. The summed E-state index contributed by atoms with van der Waals surface area (Å²) < 4.78 is 14.0. The van der Waals surface area contributed by atoms with Gasteiger partial charge >= 0.3 is 0 Å². The van der Waals surface area contributed by atoms with Gasteiger partial charge in [0.05, 0.1) is 16.4 Å². The Kier molecular flexibility index (Phi) is 4.81. The fourth-order valence-electron chi connectivity index (χ4n) is 1.76. The van der Waals surface area contributed by atoms with Crippen molar-refractivity contribution >= 4 is 11.6 Å². The van der Waals surface area contributed by atoms with Crippen molar-refractivity contribution in [2.45, 2.75) is 33.1 Å². The van der Waals surface area contributed by atoms with E-state index in [0.717, 1.165) is 6.07 Å². The predicted molar refractivity (Wildman–Crippen MR) is 73.9 cm³/mol. The molecule has 0 spiro atoms. The van der Waals surface area contributed by atoms with Crippen LogP contribution in [0.2, 0.25) is 0 Å². The van der Waals surface area contributed by atoms with Gasteiger partial charge in [0.25, 0.3) is 5.69 Å². The van der Waals surface area contributed by atoms with Gasteiger partial charge in [-0.1, -0.05) is 13.8 Å². The van der Waals surface area contributed by atoms with Gasteiger partial charge in [-0.25, -0.2) is 4.39 Å². The van der Waals surface area contributed by atoms with Gasteiger partial charge in [-0.05, 0) is 25.8 Å². The lowest BCUT2D eigenvalue weighted by Gasteiger charge is -2.25. The fourth-order valence-corrected chi connectivity index (χ4v) is 1.76. The van der Waals surface area contributed by atoms with Crippen LogP contribution in [-0.4, -0.2) is 17.4 Å². The molecule has 0 saturated heterocycles. The Labute approximate surface area is 117 Å². The maximum atomic E-state index is 14.0. The lowest BCUT2D eigenvalue weighted by Crippen LogP contribution is -2.42. The molecule has 0 bridgehead atoms. The van der Waals surface area contributed by atoms with Gasteiger partial charge in [-0.2, -0.15) is 0 Å². The summed E-state index contributed by atoms with van der Waals surface area (Å²) >= 11 is 0. The first-order chi connectivity index (χ1) is 9.16. The minimum absolute atomic E-state index is 0.143. The molecule has 1 N–H and O–H groups in total. The lowest BCUT2D eigenvalue weighted by molar-refractivity contribution is -0.385. The first-order valence-corrected chi connectivity index (χ1v) is 6.39. The number of amides is 1. The Hall–Kier alpha value is -1.98. The predicted octanol–water partition coefficient (Wildman–Crippen LogP) is 2.78. The number of hydrogen-bond acceptors (Lipinski definition) is 3. The summed E-state index contributed by atoms with van der Waals surface area (Å²) in [5.41, 5.74) is -1.28. The van der Waals surface area contributed by atoms with E-state index < -0.39 is 16.2 Å². The second kappa shape index (κ2) is 5.98. The van der Waals surface area contributed by atoms with Crippen LogP contribution in [0.1, 0.15) is 33.3 Å². The minimum Gasteiger partial charge on any atom is -0.355 e. The number of rotatable bonds is 5. The number of nitrogens with one attached hydrogen (secondary N) is 1. The van der Waals surface area contributed by atoms with Crippen molar-refractivity contribution in [1.29, 1.82) is 0 Å². The minimum atomic E-state index is -1.09. The number of carbonyl (C=O) groups is 1. The van der Waals surface area contributed by atoms with Crippen molar-refractivity contribution in [2.75, 3.05) is 6.54 Å². The van der Waals surface area contributed by atoms with Crippen LogP contribution in [0.3, 0.4) is 0 Å². The average Bonchev–Trinajstić information content (AvgIpc) is 2.35. The van der Waals surface area contributed by atoms with Crippen LogP contribution in [0.4, 0.5) is 10.1 Å². The molecule has 0 aliphatic carbocycles. The van der Waals surface area contributed by atoms with E-state index in [-0.39, 0.29) is 23.1 Å². The SMILES string of the molecule is CC(C)CNC(=O)C(C)(C)c1ccc([N+](=O)[O-])cc1F. The number of nitrogens with zero attached hydrogens (tertiary/aromatic N) is 1. The third kappa shape index (κ3) is 3.53. The number of benzene rings is 1. The molecule has 1 amide bonds. The van der Waals surface area contributed by atoms with Crippen LogP contribution in [0.5, 0.6) is 0 Å². The molecule has 1 aromatic carbocycles. The fraction of sp³-hybridized carbons (Fsp3) is 0.500. The Morgan fingerprint density at radius 1 is 1.45 bits per heavy atom. The molecule has 6 heteroatoms. The van der Waals surface area contributed by atoms with Crippen molar-refractivity contribution in [3.63, 3.8) is 0 Å².